The van der Waals surface area contributed by atoms with Crippen LogP contribution >= 0.6 is 0 Å². The zero-order valence-electron chi connectivity index (χ0n) is 6.35. The number of rotatable bonds is 0. The molecule has 2 bridgehead atoms. The van der Waals surface area contributed by atoms with Gasteiger partial charge in [0.2, 0.25) is 0 Å². The van der Waals surface area contributed by atoms with E-state index in [1.54, 1.807) is 0 Å². The third-order valence-electron chi connectivity index (χ3n) is 3.51. The Balaban J connectivity index is 2.02. The van der Waals surface area contributed by atoms with E-state index >= 15 is 0 Å². The average Bonchev–Trinajstić information content (AvgIpc) is 2.60. The first kappa shape index (κ1) is 6.01. The van der Waals surface area contributed by atoms with E-state index in [1.807, 2.05) is 6.08 Å². The first-order valence-electron chi connectivity index (χ1n) is 4.41. The lowest BCUT2D eigenvalue weighted by atomic mass is 9.84. The van der Waals surface area contributed by atoms with Crippen molar-refractivity contribution in [1.29, 1.82) is 0 Å². The van der Waals surface area contributed by atoms with Crippen molar-refractivity contribution >= 4 is 0 Å². The van der Waals surface area contributed by atoms with E-state index in [9.17, 15) is 5.11 Å². The van der Waals surface area contributed by atoms with Crippen LogP contribution in [0.3, 0.4) is 0 Å². The van der Waals surface area contributed by atoms with Crippen molar-refractivity contribution in [1.82, 2.24) is 0 Å². The number of fused-ring (bicyclic) bond motifs is 5. The van der Waals surface area contributed by atoms with E-state index in [0.717, 1.165) is 5.92 Å². The molecule has 5 atom stereocenters. The SMILES string of the molecule is O[C@H]1C=C[C@H]2[C@H]1[C@H]1C=C[C@H]2C1. The van der Waals surface area contributed by atoms with Crippen LogP contribution in [0.15, 0.2) is 24.3 Å². The molecule has 1 saturated carbocycles. The van der Waals surface area contributed by atoms with Crippen molar-refractivity contribution in [3.05, 3.63) is 24.3 Å². The van der Waals surface area contributed by atoms with Gasteiger partial charge in [-0.25, -0.2) is 0 Å². The van der Waals surface area contributed by atoms with E-state index in [2.05, 4.69) is 18.2 Å². The second-order valence-electron chi connectivity index (χ2n) is 3.98. The fourth-order valence-corrected chi connectivity index (χ4v) is 3.02. The molecule has 1 nitrogen and oxygen atoms in total. The Kier molecular flexibility index (Phi) is 0.972. The highest BCUT2D eigenvalue weighted by atomic mass is 16.3. The fourth-order valence-electron chi connectivity index (χ4n) is 3.02. The predicted octanol–water partition coefficient (Wildman–Crippen LogP) is 1.36. The van der Waals surface area contributed by atoms with Crippen LogP contribution < -0.4 is 0 Å². The molecule has 3 aliphatic rings. The van der Waals surface area contributed by atoms with E-state index in [0.29, 0.717) is 17.8 Å². The molecule has 0 aromatic heterocycles. The molecule has 0 spiro atoms. The normalized spacial score (nSPS) is 57.4. The van der Waals surface area contributed by atoms with Crippen LogP contribution in [0.5, 0.6) is 0 Å². The van der Waals surface area contributed by atoms with E-state index in [1.165, 1.54) is 6.42 Å². The topological polar surface area (TPSA) is 20.2 Å². The van der Waals surface area contributed by atoms with Crippen molar-refractivity contribution in [3.63, 3.8) is 0 Å². The average molecular weight is 148 g/mol. The summed E-state index contributed by atoms with van der Waals surface area (Å²) < 4.78 is 0. The third-order valence-corrected chi connectivity index (χ3v) is 3.51. The number of aliphatic hydroxyl groups is 1. The summed E-state index contributed by atoms with van der Waals surface area (Å²) in [6, 6.07) is 0. The van der Waals surface area contributed by atoms with Crippen molar-refractivity contribution in [3.8, 4) is 0 Å². The van der Waals surface area contributed by atoms with Gasteiger partial charge in [-0.3, -0.25) is 0 Å². The maximum Gasteiger partial charge on any atom is 0.0760 e. The Labute approximate surface area is 66.4 Å². The van der Waals surface area contributed by atoms with Crippen LogP contribution in [-0.2, 0) is 0 Å². The second-order valence-corrected chi connectivity index (χ2v) is 3.98. The minimum absolute atomic E-state index is 0.153. The minimum atomic E-state index is -0.153. The predicted molar refractivity (Wildman–Crippen MR) is 42.9 cm³/mol. The van der Waals surface area contributed by atoms with Crippen LogP contribution in [0.1, 0.15) is 6.42 Å². The summed E-state index contributed by atoms with van der Waals surface area (Å²) in [5.74, 6) is 2.62. The summed E-state index contributed by atoms with van der Waals surface area (Å²) in [7, 11) is 0. The van der Waals surface area contributed by atoms with Crippen LogP contribution in [0.2, 0.25) is 0 Å². The Bertz CT molecular complexity index is 241. The van der Waals surface area contributed by atoms with Crippen LogP contribution in [0.25, 0.3) is 0 Å². The van der Waals surface area contributed by atoms with Gasteiger partial charge in [-0.2, -0.15) is 0 Å². The molecule has 0 aromatic carbocycles. The molecule has 3 aliphatic carbocycles. The first-order chi connectivity index (χ1) is 5.36. The summed E-state index contributed by atoms with van der Waals surface area (Å²) in [5, 5.41) is 9.60. The molecule has 11 heavy (non-hydrogen) atoms. The van der Waals surface area contributed by atoms with Crippen molar-refractivity contribution in [2.45, 2.75) is 12.5 Å². The molecule has 1 heteroatoms. The Morgan fingerprint density at radius 2 is 1.82 bits per heavy atom. The van der Waals surface area contributed by atoms with Gasteiger partial charge in [0, 0.05) is 5.92 Å². The molecule has 1 fully saturated rings. The van der Waals surface area contributed by atoms with Gasteiger partial charge in [0.05, 0.1) is 6.10 Å². The largest absolute Gasteiger partial charge is 0.389 e. The number of hydrogen-bond acceptors (Lipinski definition) is 1. The summed E-state index contributed by atoms with van der Waals surface area (Å²) in [6.45, 7) is 0. The lowest BCUT2D eigenvalue weighted by molar-refractivity contribution is 0.132. The smallest absolute Gasteiger partial charge is 0.0760 e. The van der Waals surface area contributed by atoms with E-state index in [-0.39, 0.29) is 6.10 Å². The number of allylic oxidation sites excluding steroid dienone is 3. The van der Waals surface area contributed by atoms with Crippen LogP contribution in [-0.4, -0.2) is 11.2 Å². The van der Waals surface area contributed by atoms with Crippen molar-refractivity contribution in [2.75, 3.05) is 0 Å². The fraction of sp³-hybridized carbons (Fsp3) is 0.600. The number of aliphatic hydroxyl groups excluding tert-OH is 1. The van der Waals surface area contributed by atoms with Crippen LogP contribution in [0.4, 0.5) is 0 Å². The Morgan fingerprint density at radius 1 is 1.00 bits per heavy atom. The van der Waals surface area contributed by atoms with Gasteiger partial charge in [0.15, 0.2) is 0 Å². The molecule has 58 valence electrons. The van der Waals surface area contributed by atoms with Gasteiger partial charge in [0.1, 0.15) is 0 Å². The first-order valence-corrected chi connectivity index (χ1v) is 4.41. The zero-order chi connectivity index (χ0) is 7.42. The third kappa shape index (κ3) is 0.603. The van der Waals surface area contributed by atoms with E-state index in [4.69, 9.17) is 0 Å². The Hall–Kier alpha value is -0.560. The molecule has 0 heterocycles. The summed E-state index contributed by atoms with van der Waals surface area (Å²) >= 11 is 0. The highest BCUT2D eigenvalue weighted by Crippen LogP contribution is 2.52. The van der Waals surface area contributed by atoms with Gasteiger partial charge in [0.25, 0.3) is 0 Å². The Morgan fingerprint density at radius 3 is 2.64 bits per heavy atom. The summed E-state index contributed by atoms with van der Waals surface area (Å²) in [5.41, 5.74) is 0. The summed E-state index contributed by atoms with van der Waals surface area (Å²) in [4.78, 5) is 0. The maximum absolute atomic E-state index is 9.60. The lowest BCUT2D eigenvalue weighted by Crippen LogP contribution is -2.23. The monoisotopic (exact) mass is 148 g/mol. The van der Waals surface area contributed by atoms with Crippen LogP contribution in [0, 0.1) is 23.7 Å². The molecular formula is C10H12O. The van der Waals surface area contributed by atoms with Crippen molar-refractivity contribution < 1.29 is 5.11 Å². The van der Waals surface area contributed by atoms with Gasteiger partial charge in [-0.1, -0.05) is 24.3 Å². The molecular weight excluding hydrogens is 136 g/mol. The second kappa shape index (κ2) is 1.78. The molecule has 0 amide bonds. The molecule has 0 radical (unpaired) electrons. The molecule has 0 aromatic rings. The molecule has 0 saturated heterocycles. The molecule has 0 unspecified atom stereocenters. The number of hydrogen-bond donors (Lipinski definition) is 1. The van der Waals surface area contributed by atoms with E-state index < -0.39 is 0 Å². The highest BCUT2D eigenvalue weighted by molar-refractivity contribution is 5.24. The van der Waals surface area contributed by atoms with Gasteiger partial charge in [-0.15, -0.1) is 0 Å². The summed E-state index contributed by atoms with van der Waals surface area (Å²) in [6.07, 6.45) is 9.94. The molecule has 3 rings (SSSR count). The van der Waals surface area contributed by atoms with Gasteiger partial charge >= 0.3 is 0 Å². The van der Waals surface area contributed by atoms with Gasteiger partial charge < -0.3 is 5.11 Å². The standard InChI is InChI=1S/C10H12O/c11-9-4-3-8-6-1-2-7(5-6)10(8)9/h1-4,6-11H,5H2/t6-,7-,8+,9-,10+/m0/s1. The molecule has 0 aliphatic heterocycles. The maximum atomic E-state index is 9.60. The van der Waals surface area contributed by atoms with Crippen molar-refractivity contribution in [2.24, 2.45) is 23.7 Å². The zero-order valence-corrected chi connectivity index (χ0v) is 6.35. The lowest BCUT2D eigenvalue weighted by Gasteiger charge is -2.22. The quantitative estimate of drug-likeness (QED) is 0.514. The van der Waals surface area contributed by atoms with Gasteiger partial charge in [-0.05, 0) is 24.2 Å². The highest BCUT2D eigenvalue weighted by Gasteiger charge is 2.48. The molecule has 1 N–H and O–H groups in total. The minimum Gasteiger partial charge on any atom is -0.389 e.